The Hall–Kier alpha value is -1.88. The molecule has 1 aliphatic heterocycles. The lowest BCUT2D eigenvalue weighted by molar-refractivity contribution is 0.240. The predicted molar refractivity (Wildman–Crippen MR) is 94.1 cm³/mol. The minimum Gasteiger partial charge on any atom is -0.396 e. The molecule has 24 heavy (non-hydrogen) atoms. The monoisotopic (exact) mass is 326 g/mol. The lowest BCUT2D eigenvalue weighted by atomic mass is 9.94. The number of hydrogen-bond donors (Lipinski definition) is 1. The van der Waals surface area contributed by atoms with Crippen LogP contribution in [-0.2, 0) is 12.5 Å². The van der Waals surface area contributed by atoms with Crippen molar-refractivity contribution < 1.29 is 5.11 Å². The van der Waals surface area contributed by atoms with E-state index in [4.69, 9.17) is 5.11 Å². The zero-order valence-electron chi connectivity index (χ0n) is 14.4. The third kappa shape index (κ3) is 2.61. The molecule has 2 heterocycles. The highest BCUT2D eigenvalue weighted by Crippen LogP contribution is 2.52. The number of hydrogen-bond acceptors (Lipinski definition) is 4. The maximum Gasteiger partial charge on any atom is 0.226 e. The molecular weight excluding hydrogens is 300 g/mol. The topological polar surface area (TPSA) is 54.2 Å². The quantitative estimate of drug-likeness (QED) is 0.917. The molecule has 0 bridgehead atoms. The van der Waals surface area contributed by atoms with Gasteiger partial charge in [0.1, 0.15) is 5.82 Å². The number of aromatic nitrogens is 3. The summed E-state index contributed by atoms with van der Waals surface area (Å²) in [5, 5.41) is 18.2. The van der Waals surface area contributed by atoms with Crippen LogP contribution in [0.1, 0.15) is 43.5 Å². The third-order valence-corrected chi connectivity index (χ3v) is 5.79. The van der Waals surface area contributed by atoms with Crippen molar-refractivity contribution in [2.75, 3.05) is 24.6 Å². The first-order valence-electron chi connectivity index (χ1n) is 9.06. The number of nitrogens with zero attached hydrogens (tertiary/aromatic N) is 4. The van der Waals surface area contributed by atoms with E-state index in [0.29, 0.717) is 12.5 Å². The standard InChI is InChI=1S/C19H26N4O/c1-22-17(19(10-11-19)16-5-3-2-4-6-16)20-21-18(22)23-12-7-15(8-13-23)9-14-24/h2-6,15,24H,7-14H2,1H3. The van der Waals surface area contributed by atoms with E-state index in [1.165, 1.54) is 5.56 Å². The van der Waals surface area contributed by atoms with Crippen LogP contribution in [0.25, 0.3) is 0 Å². The van der Waals surface area contributed by atoms with Crippen molar-refractivity contribution in [2.45, 2.75) is 37.5 Å². The van der Waals surface area contributed by atoms with Gasteiger partial charge in [0.25, 0.3) is 0 Å². The minimum absolute atomic E-state index is 0.0659. The van der Waals surface area contributed by atoms with E-state index < -0.39 is 0 Å². The molecule has 2 aliphatic rings. The second kappa shape index (κ2) is 6.20. The predicted octanol–water partition coefficient (Wildman–Crippen LogP) is 2.49. The third-order valence-electron chi connectivity index (χ3n) is 5.79. The second-order valence-corrected chi connectivity index (χ2v) is 7.27. The van der Waals surface area contributed by atoms with Crippen LogP contribution in [0.15, 0.2) is 30.3 Å². The van der Waals surface area contributed by atoms with Gasteiger partial charge in [0, 0.05) is 26.7 Å². The Morgan fingerprint density at radius 3 is 2.46 bits per heavy atom. The van der Waals surface area contributed by atoms with Gasteiger partial charge in [-0.15, -0.1) is 10.2 Å². The summed E-state index contributed by atoms with van der Waals surface area (Å²) in [6.45, 7) is 2.32. The van der Waals surface area contributed by atoms with E-state index in [1.54, 1.807) is 0 Å². The summed E-state index contributed by atoms with van der Waals surface area (Å²) in [4.78, 5) is 2.35. The Kier molecular flexibility index (Phi) is 4.04. The fourth-order valence-corrected chi connectivity index (χ4v) is 4.14. The van der Waals surface area contributed by atoms with Gasteiger partial charge in [0.05, 0.1) is 5.41 Å². The molecule has 1 N–H and O–H groups in total. The number of anilines is 1. The normalized spacial score (nSPS) is 20.3. The van der Waals surface area contributed by atoms with Crippen molar-refractivity contribution >= 4 is 5.95 Å². The van der Waals surface area contributed by atoms with Crippen LogP contribution in [0.5, 0.6) is 0 Å². The van der Waals surface area contributed by atoms with Gasteiger partial charge in [-0.3, -0.25) is 4.57 Å². The van der Waals surface area contributed by atoms with Crippen LogP contribution in [0.4, 0.5) is 5.95 Å². The smallest absolute Gasteiger partial charge is 0.226 e. The zero-order valence-corrected chi connectivity index (χ0v) is 14.4. The first-order chi connectivity index (χ1) is 11.7. The summed E-state index contributed by atoms with van der Waals surface area (Å²) in [6.07, 6.45) is 5.50. The van der Waals surface area contributed by atoms with E-state index in [9.17, 15) is 0 Å². The fourth-order valence-electron chi connectivity index (χ4n) is 4.14. The molecule has 1 aromatic carbocycles. The Morgan fingerprint density at radius 1 is 1.12 bits per heavy atom. The molecule has 5 nitrogen and oxygen atoms in total. The van der Waals surface area contributed by atoms with Crippen molar-refractivity contribution in [2.24, 2.45) is 13.0 Å². The van der Waals surface area contributed by atoms with Crippen LogP contribution < -0.4 is 4.90 Å². The largest absolute Gasteiger partial charge is 0.396 e. The molecule has 0 radical (unpaired) electrons. The highest BCUT2D eigenvalue weighted by atomic mass is 16.3. The SMILES string of the molecule is Cn1c(N2CCC(CCO)CC2)nnc1C1(c2ccccc2)CC1. The van der Waals surface area contributed by atoms with Crippen LogP contribution in [0.3, 0.4) is 0 Å². The van der Waals surface area contributed by atoms with Gasteiger partial charge in [0.2, 0.25) is 5.95 Å². The molecule has 0 amide bonds. The summed E-state index contributed by atoms with van der Waals surface area (Å²) in [5.41, 5.74) is 1.42. The van der Waals surface area contributed by atoms with Crippen LogP contribution in [0.2, 0.25) is 0 Å². The summed E-state index contributed by atoms with van der Waals surface area (Å²) in [7, 11) is 2.10. The number of aliphatic hydroxyl groups is 1. The highest BCUT2D eigenvalue weighted by molar-refractivity contribution is 5.42. The van der Waals surface area contributed by atoms with Crippen LogP contribution in [-0.4, -0.2) is 39.6 Å². The molecule has 0 spiro atoms. The Balaban J connectivity index is 1.55. The number of aliphatic hydroxyl groups excluding tert-OH is 1. The van der Waals surface area contributed by atoms with Crippen molar-refractivity contribution in [1.29, 1.82) is 0 Å². The van der Waals surface area contributed by atoms with Crippen molar-refractivity contribution in [3.63, 3.8) is 0 Å². The molecule has 1 saturated carbocycles. The molecule has 4 rings (SSSR count). The Morgan fingerprint density at radius 2 is 1.83 bits per heavy atom. The average Bonchev–Trinajstić information content (AvgIpc) is 3.34. The molecule has 1 aliphatic carbocycles. The first-order valence-corrected chi connectivity index (χ1v) is 9.06. The van der Waals surface area contributed by atoms with Crippen molar-refractivity contribution in [3.05, 3.63) is 41.7 Å². The van der Waals surface area contributed by atoms with Gasteiger partial charge in [-0.05, 0) is 43.6 Å². The molecule has 1 saturated heterocycles. The summed E-state index contributed by atoms with van der Waals surface area (Å²) >= 11 is 0. The van der Waals surface area contributed by atoms with Gasteiger partial charge in [-0.25, -0.2) is 0 Å². The fraction of sp³-hybridized carbons (Fsp3) is 0.579. The summed E-state index contributed by atoms with van der Waals surface area (Å²) < 4.78 is 2.20. The number of rotatable bonds is 5. The van der Waals surface area contributed by atoms with Gasteiger partial charge >= 0.3 is 0 Å². The van der Waals surface area contributed by atoms with Gasteiger partial charge < -0.3 is 10.0 Å². The van der Waals surface area contributed by atoms with E-state index in [0.717, 1.165) is 57.0 Å². The second-order valence-electron chi connectivity index (χ2n) is 7.27. The minimum atomic E-state index is 0.0659. The molecule has 0 unspecified atom stereocenters. The molecular formula is C19H26N4O. The van der Waals surface area contributed by atoms with E-state index in [1.807, 2.05) is 0 Å². The number of benzene rings is 1. The highest BCUT2D eigenvalue weighted by Gasteiger charge is 2.50. The lowest BCUT2D eigenvalue weighted by Crippen LogP contribution is -2.35. The Labute approximate surface area is 143 Å². The molecule has 2 fully saturated rings. The lowest BCUT2D eigenvalue weighted by Gasteiger charge is -2.32. The molecule has 1 aromatic heterocycles. The molecule has 2 aromatic rings. The Bertz CT molecular complexity index is 685. The van der Waals surface area contributed by atoms with E-state index in [-0.39, 0.29) is 5.41 Å². The maximum absolute atomic E-state index is 9.11. The van der Waals surface area contributed by atoms with Crippen molar-refractivity contribution in [1.82, 2.24) is 14.8 Å². The van der Waals surface area contributed by atoms with Gasteiger partial charge in [-0.2, -0.15) is 0 Å². The summed E-state index contributed by atoms with van der Waals surface area (Å²) in [6, 6.07) is 10.7. The van der Waals surface area contributed by atoms with E-state index in [2.05, 4.69) is 57.0 Å². The van der Waals surface area contributed by atoms with E-state index >= 15 is 0 Å². The van der Waals surface area contributed by atoms with Gasteiger partial charge in [-0.1, -0.05) is 30.3 Å². The van der Waals surface area contributed by atoms with Crippen LogP contribution >= 0.6 is 0 Å². The maximum atomic E-state index is 9.11. The number of piperidine rings is 1. The first kappa shape index (κ1) is 15.6. The zero-order chi connectivity index (χ0) is 16.6. The summed E-state index contributed by atoms with van der Waals surface area (Å²) in [5.74, 6) is 2.74. The molecule has 128 valence electrons. The van der Waals surface area contributed by atoms with Crippen LogP contribution in [0, 0.1) is 5.92 Å². The molecule has 5 heteroatoms. The van der Waals surface area contributed by atoms with Crippen molar-refractivity contribution in [3.8, 4) is 0 Å². The average molecular weight is 326 g/mol. The molecule has 0 atom stereocenters. The van der Waals surface area contributed by atoms with Gasteiger partial charge in [0.15, 0.2) is 0 Å².